The van der Waals surface area contributed by atoms with Crippen molar-refractivity contribution in [3.63, 3.8) is 0 Å². The molecule has 1 N–H and O–H groups in total. The molecule has 1 amide bonds. The lowest BCUT2D eigenvalue weighted by Gasteiger charge is -2.24. The fourth-order valence-electron chi connectivity index (χ4n) is 2.78. The molecule has 0 radical (unpaired) electrons. The van der Waals surface area contributed by atoms with Gasteiger partial charge in [0.2, 0.25) is 4.96 Å². The number of benzene rings is 1. The molecule has 0 spiro atoms. The molecule has 3 rings (SSSR count). The number of alkyl carbamates (subject to hydrolysis) is 1. The van der Waals surface area contributed by atoms with Gasteiger partial charge >= 0.3 is 6.09 Å². The number of carbonyl (C=O) groups is 1. The summed E-state index contributed by atoms with van der Waals surface area (Å²) >= 11 is 3.17. The van der Waals surface area contributed by atoms with Crippen LogP contribution >= 0.6 is 23.1 Å². The van der Waals surface area contributed by atoms with Crippen molar-refractivity contribution in [2.75, 3.05) is 0 Å². The molecule has 0 saturated heterocycles. The average molecular weight is 434 g/mol. The van der Waals surface area contributed by atoms with Gasteiger partial charge in [0.1, 0.15) is 5.60 Å². The van der Waals surface area contributed by atoms with Gasteiger partial charge in [-0.1, -0.05) is 66.8 Å². The monoisotopic (exact) mass is 433 g/mol. The summed E-state index contributed by atoms with van der Waals surface area (Å²) in [4.78, 5) is 13.0. The van der Waals surface area contributed by atoms with Crippen LogP contribution in [0.25, 0.3) is 4.96 Å². The Morgan fingerprint density at radius 1 is 1.31 bits per heavy atom. The van der Waals surface area contributed by atoms with Gasteiger partial charge in [-0.05, 0) is 39.2 Å². The van der Waals surface area contributed by atoms with E-state index < -0.39 is 11.7 Å². The van der Waals surface area contributed by atoms with E-state index in [4.69, 9.17) is 4.74 Å². The van der Waals surface area contributed by atoms with Crippen LogP contribution in [0, 0.1) is 12.8 Å². The first kappa shape index (κ1) is 21.6. The van der Waals surface area contributed by atoms with Crippen LogP contribution in [0.5, 0.6) is 0 Å². The first-order chi connectivity index (χ1) is 13.6. The third-order valence-electron chi connectivity index (χ3n) is 4.06. The second kappa shape index (κ2) is 8.71. The average Bonchev–Trinajstić information content (AvgIpc) is 3.16. The number of nitrogens with zero attached hydrogens (tertiary/aromatic N) is 4. The molecule has 2 heterocycles. The van der Waals surface area contributed by atoms with Gasteiger partial charge in [-0.15, -0.1) is 15.3 Å². The number of fused-ring (bicyclic) bond motifs is 1. The van der Waals surface area contributed by atoms with Crippen LogP contribution in [0.3, 0.4) is 0 Å². The molecule has 1 unspecified atom stereocenters. The molecule has 3 aromatic rings. The maximum Gasteiger partial charge on any atom is 0.408 e. The predicted molar refractivity (Wildman–Crippen MR) is 116 cm³/mol. The summed E-state index contributed by atoms with van der Waals surface area (Å²) in [6.07, 6.45) is -0.475. The summed E-state index contributed by atoms with van der Waals surface area (Å²) in [6, 6.07) is 8.10. The highest BCUT2D eigenvalue weighted by Gasteiger charge is 2.27. The summed E-state index contributed by atoms with van der Waals surface area (Å²) in [5.74, 6) is 1.55. The Bertz CT molecular complexity index is 990. The van der Waals surface area contributed by atoms with E-state index >= 15 is 0 Å². The molecular weight excluding hydrogens is 406 g/mol. The normalized spacial score (nSPS) is 13.1. The van der Waals surface area contributed by atoms with Crippen molar-refractivity contribution in [1.29, 1.82) is 0 Å². The van der Waals surface area contributed by atoms with Crippen LogP contribution in [-0.2, 0) is 10.5 Å². The lowest BCUT2D eigenvalue weighted by Crippen LogP contribution is -2.37. The molecule has 0 aliphatic rings. The number of hydrogen-bond acceptors (Lipinski definition) is 7. The molecule has 156 valence electrons. The fraction of sp³-hybridized carbons (Fsp3) is 0.500. The van der Waals surface area contributed by atoms with Crippen LogP contribution < -0.4 is 5.32 Å². The Morgan fingerprint density at radius 2 is 2.07 bits per heavy atom. The fourth-order valence-corrected chi connectivity index (χ4v) is 4.60. The summed E-state index contributed by atoms with van der Waals surface area (Å²) in [7, 11) is 0. The highest BCUT2D eigenvalue weighted by Crippen LogP contribution is 2.30. The van der Waals surface area contributed by atoms with Crippen LogP contribution in [0.4, 0.5) is 4.79 Å². The zero-order valence-electron chi connectivity index (χ0n) is 17.6. The Labute approximate surface area is 179 Å². The highest BCUT2D eigenvalue weighted by molar-refractivity contribution is 8.00. The van der Waals surface area contributed by atoms with Gasteiger partial charge in [-0.3, -0.25) is 0 Å². The molecule has 0 bridgehead atoms. The van der Waals surface area contributed by atoms with Crippen molar-refractivity contribution in [2.45, 2.75) is 63.3 Å². The van der Waals surface area contributed by atoms with Crippen LogP contribution in [0.15, 0.2) is 28.6 Å². The molecule has 7 nitrogen and oxygen atoms in total. The first-order valence-corrected chi connectivity index (χ1v) is 11.3. The van der Waals surface area contributed by atoms with E-state index in [0.717, 1.165) is 10.1 Å². The lowest BCUT2D eigenvalue weighted by atomic mass is 10.0. The standard InChI is InChI=1S/C20H27N5O2S2/c1-12(2)15(21-18(26)27-20(4,5)6)16-22-23-17-25(16)24-19(29-17)28-11-14-9-7-8-13(3)10-14/h7-10,12,15H,11H2,1-6H3,(H,21,26). The Hall–Kier alpha value is -2.13. The third kappa shape index (κ3) is 5.70. The maximum absolute atomic E-state index is 12.3. The number of rotatable bonds is 6. The zero-order valence-corrected chi connectivity index (χ0v) is 19.2. The molecule has 29 heavy (non-hydrogen) atoms. The van der Waals surface area contributed by atoms with E-state index in [-0.39, 0.29) is 12.0 Å². The van der Waals surface area contributed by atoms with E-state index in [1.807, 2.05) is 34.6 Å². The number of ether oxygens (including phenoxy) is 1. The van der Waals surface area contributed by atoms with Gasteiger partial charge in [-0.25, -0.2) is 4.79 Å². The number of carbonyl (C=O) groups excluding carboxylic acids is 1. The summed E-state index contributed by atoms with van der Waals surface area (Å²) in [5.41, 5.74) is 1.94. The third-order valence-corrected chi connectivity index (χ3v) is 6.16. The molecule has 9 heteroatoms. The maximum atomic E-state index is 12.3. The minimum absolute atomic E-state index is 0.0972. The van der Waals surface area contributed by atoms with Crippen molar-refractivity contribution < 1.29 is 9.53 Å². The molecule has 2 aromatic heterocycles. The minimum atomic E-state index is -0.563. The van der Waals surface area contributed by atoms with Crippen molar-refractivity contribution in [3.05, 3.63) is 41.2 Å². The highest BCUT2D eigenvalue weighted by atomic mass is 32.2. The molecule has 0 aliphatic carbocycles. The van der Waals surface area contributed by atoms with E-state index in [0.29, 0.717) is 10.8 Å². The first-order valence-electron chi connectivity index (χ1n) is 9.52. The minimum Gasteiger partial charge on any atom is -0.444 e. The van der Waals surface area contributed by atoms with Crippen molar-refractivity contribution >= 4 is 34.2 Å². The Balaban J connectivity index is 1.77. The van der Waals surface area contributed by atoms with Gasteiger partial charge in [0.15, 0.2) is 10.2 Å². The quantitative estimate of drug-likeness (QED) is 0.551. The molecular formula is C20H27N5O2S2. The summed E-state index contributed by atoms with van der Waals surface area (Å²) < 4.78 is 8.04. The number of amides is 1. The molecule has 0 aliphatic heterocycles. The lowest BCUT2D eigenvalue weighted by molar-refractivity contribution is 0.0486. The number of aryl methyl sites for hydroxylation is 1. The van der Waals surface area contributed by atoms with Crippen molar-refractivity contribution in [2.24, 2.45) is 5.92 Å². The molecule has 1 atom stereocenters. The van der Waals surface area contributed by atoms with E-state index in [1.54, 1.807) is 16.3 Å². The van der Waals surface area contributed by atoms with Gasteiger partial charge in [0, 0.05) is 5.75 Å². The Kier molecular flexibility index (Phi) is 6.48. The largest absolute Gasteiger partial charge is 0.444 e. The SMILES string of the molecule is Cc1cccc(CSc2nn3c(C(NC(=O)OC(C)(C)C)C(C)C)nnc3s2)c1. The number of nitrogens with one attached hydrogen (secondary N) is 1. The van der Waals surface area contributed by atoms with Crippen molar-refractivity contribution in [3.8, 4) is 0 Å². The summed E-state index contributed by atoms with van der Waals surface area (Å²) in [5, 5.41) is 16.1. The second-order valence-electron chi connectivity index (χ2n) is 8.27. The number of thioether (sulfide) groups is 1. The smallest absolute Gasteiger partial charge is 0.408 e. The van der Waals surface area contributed by atoms with Gasteiger partial charge in [-0.2, -0.15) is 4.52 Å². The summed E-state index contributed by atoms with van der Waals surface area (Å²) in [6.45, 7) is 11.6. The molecule has 1 aromatic carbocycles. The Morgan fingerprint density at radius 3 is 2.72 bits per heavy atom. The van der Waals surface area contributed by atoms with E-state index in [2.05, 4.69) is 51.8 Å². The molecule has 0 saturated carbocycles. The molecule has 0 fully saturated rings. The van der Waals surface area contributed by atoms with Gasteiger partial charge < -0.3 is 10.1 Å². The van der Waals surface area contributed by atoms with E-state index in [1.165, 1.54) is 22.5 Å². The van der Waals surface area contributed by atoms with Crippen LogP contribution in [0.2, 0.25) is 0 Å². The second-order valence-corrected chi connectivity index (χ2v) is 10.4. The number of hydrogen-bond donors (Lipinski definition) is 1. The van der Waals surface area contributed by atoms with Crippen molar-refractivity contribution in [1.82, 2.24) is 25.1 Å². The van der Waals surface area contributed by atoms with E-state index in [9.17, 15) is 4.79 Å². The van der Waals surface area contributed by atoms with Crippen LogP contribution in [0.1, 0.15) is 57.6 Å². The zero-order chi connectivity index (χ0) is 21.2. The number of aromatic nitrogens is 4. The van der Waals surface area contributed by atoms with Gasteiger partial charge in [0.05, 0.1) is 6.04 Å². The topological polar surface area (TPSA) is 81.4 Å². The van der Waals surface area contributed by atoms with Crippen LogP contribution in [-0.4, -0.2) is 31.5 Å². The predicted octanol–water partition coefficient (Wildman–Crippen LogP) is 5.01. The van der Waals surface area contributed by atoms with Gasteiger partial charge in [0.25, 0.3) is 0 Å².